The van der Waals surface area contributed by atoms with Crippen LogP contribution in [0.1, 0.15) is 35.6 Å². The maximum Gasteiger partial charge on any atom is 0.183 e. The second kappa shape index (κ2) is 9.12. The number of hydrogen-bond acceptors (Lipinski definition) is 6. The summed E-state index contributed by atoms with van der Waals surface area (Å²) in [6.07, 6.45) is 4.68. The zero-order chi connectivity index (χ0) is 24.1. The molecular formula is C29H28N4OS2. The molecule has 3 aliphatic rings. The molecule has 2 heterocycles. The first-order chi connectivity index (χ1) is 17.7. The van der Waals surface area contributed by atoms with Gasteiger partial charge in [0.05, 0.1) is 29.1 Å². The number of nitrogens with zero attached hydrogens (tertiary/aromatic N) is 3. The molecule has 7 heteroatoms. The standard InChI is InChI=1S/C29H28N4OS2/c1-34-22-12-13-24-25(17-22)35-28(32-24)30-15-14-18-6-8-20(9-7-18)31-29-33(21-10-11-21)27-23-5-3-2-4-19(23)16-26(27)36-29/h2-9,12-13,17,21,26-27H,10-11,14-16H2,1H3,(H,30,32)/b31-29-/t26?,27-/m0/s1. The Kier molecular flexibility index (Phi) is 5.62. The molecule has 3 aromatic carbocycles. The summed E-state index contributed by atoms with van der Waals surface area (Å²) in [5, 5.41) is 6.23. The number of ether oxygens (including phenoxy) is 1. The first-order valence-electron chi connectivity index (χ1n) is 12.6. The van der Waals surface area contributed by atoms with Gasteiger partial charge in [-0.15, -0.1) is 0 Å². The molecular weight excluding hydrogens is 484 g/mol. The molecule has 2 aliphatic carbocycles. The fourth-order valence-corrected chi connectivity index (χ4v) is 7.78. The van der Waals surface area contributed by atoms with Crippen molar-refractivity contribution in [2.45, 2.75) is 43.0 Å². The molecule has 1 saturated carbocycles. The number of aliphatic imine (C=N–C) groups is 1. The highest BCUT2D eigenvalue weighted by atomic mass is 32.2. The topological polar surface area (TPSA) is 49.8 Å². The monoisotopic (exact) mass is 512 g/mol. The second-order valence-corrected chi connectivity index (χ2v) is 12.0. The van der Waals surface area contributed by atoms with Crippen LogP contribution in [0.2, 0.25) is 0 Å². The van der Waals surface area contributed by atoms with Crippen LogP contribution in [0.5, 0.6) is 5.75 Å². The van der Waals surface area contributed by atoms with Crippen LogP contribution in [-0.2, 0) is 12.8 Å². The van der Waals surface area contributed by atoms with Crippen molar-refractivity contribution < 1.29 is 4.74 Å². The van der Waals surface area contributed by atoms with Gasteiger partial charge in [0, 0.05) is 17.8 Å². The van der Waals surface area contributed by atoms with Gasteiger partial charge in [-0.1, -0.05) is 59.5 Å². The van der Waals surface area contributed by atoms with Crippen LogP contribution in [0.4, 0.5) is 10.8 Å². The Hall–Kier alpha value is -3.03. The van der Waals surface area contributed by atoms with Crippen molar-refractivity contribution in [3.05, 3.63) is 83.4 Å². The van der Waals surface area contributed by atoms with E-state index in [1.807, 2.05) is 30.0 Å². The largest absolute Gasteiger partial charge is 0.497 e. The van der Waals surface area contributed by atoms with Gasteiger partial charge in [0.25, 0.3) is 0 Å². The van der Waals surface area contributed by atoms with E-state index in [9.17, 15) is 0 Å². The highest BCUT2D eigenvalue weighted by molar-refractivity contribution is 8.14. The van der Waals surface area contributed by atoms with E-state index in [1.165, 1.54) is 34.7 Å². The molecule has 0 spiro atoms. The smallest absolute Gasteiger partial charge is 0.183 e. The summed E-state index contributed by atoms with van der Waals surface area (Å²) in [5.74, 6) is 0.866. The van der Waals surface area contributed by atoms with Gasteiger partial charge in [-0.05, 0) is 72.7 Å². The lowest BCUT2D eigenvalue weighted by atomic mass is 10.1. The number of anilines is 1. The molecule has 1 aliphatic heterocycles. The van der Waals surface area contributed by atoms with Crippen LogP contribution in [0, 0.1) is 0 Å². The van der Waals surface area contributed by atoms with Crippen LogP contribution in [0.25, 0.3) is 10.2 Å². The lowest BCUT2D eigenvalue weighted by molar-refractivity contribution is 0.330. The molecule has 1 saturated heterocycles. The molecule has 1 N–H and O–H groups in total. The molecule has 7 rings (SSSR count). The third kappa shape index (κ3) is 4.14. The average Bonchev–Trinajstić information content (AvgIpc) is 3.42. The fraction of sp³-hybridized carbons (Fsp3) is 0.310. The number of amidine groups is 1. The normalized spacial score (nSPS) is 21.7. The number of nitrogens with one attached hydrogen (secondary N) is 1. The highest BCUT2D eigenvalue weighted by Gasteiger charge is 2.50. The molecule has 182 valence electrons. The van der Waals surface area contributed by atoms with Crippen LogP contribution >= 0.6 is 23.1 Å². The molecule has 2 atom stereocenters. The van der Waals surface area contributed by atoms with Gasteiger partial charge < -0.3 is 15.0 Å². The van der Waals surface area contributed by atoms with E-state index in [2.05, 4.69) is 63.7 Å². The maximum absolute atomic E-state index is 5.32. The molecule has 36 heavy (non-hydrogen) atoms. The van der Waals surface area contributed by atoms with Crippen LogP contribution < -0.4 is 10.1 Å². The second-order valence-electron chi connectivity index (χ2n) is 9.73. The van der Waals surface area contributed by atoms with E-state index < -0.39 is 0 Å². The molecule has 2 fully saturated rings. The van der Waals surface area contributed by atoms with Gasteiger partial charge in [0.2, 0.25) is 0 Å². The summed E-state index contributed by atoms with van der Waals surface area (Å²) in [4.78, 5) is 12.4. The number of rotatable bonds is 7. The van der Waals surface area contributed by atoms with E-state index in [4.69, 9.17) is 9.73 Å². The van der Waals surface area contributed by atoms with Crippen molar-refractivity contribution in [1.82, 2.24) is 9.88 Å². The van der Waals surface area contributed by atoms with E-state index in [-0.39, 0.29) is 0 Å². The molecule has 1 aromatic heterocycles. The number of benzene rings is 3. The molecule has 4 aromatic rings. The predicted molar refractivity (Wildman–Crippen MR) is 151 cm³/mol. The van der Waals surface area contributed by atoms with Gasteiger partial charge in [0.1, 0.15) is 5.75 Å². The zero-order valence-corrected chi connectivity index (χ0v) is 21.8. The summed E-state index contributed by atoms with van der Waals surface area (Å²) in [6.45, 7) is 0.846. The molecule has 1 unspecified atom stereocenters. The van der Waals surface area contributed by atoms with Gasteiger partial charge in [0.15, 0.2) is 10.3 Å². The minimum absolute atomic E-state index is 0.492. The maximum atomic E-state index is 5.32. The lowest BCUT2D eigenvalue weighted by Crippen LogP contribution is -2.30. The zero-order valence-electron chi connectivity index (χ0n) is 20.2. The minimum Gasteiger partial charge on any atom is -0.497 e. The third-order valence-electron chi connectivity index (χ3n) is 7.31. The number of fused-ring (bicyclic) bond motifs is 4. The van der Waals surface area contributed by atoms with Crippen molar-refractivity contribution in [1.29, 1.82) is 0 Å². The Bertz CT molecular complexity index is 1440. The van der Waals surface area contributed by atoms with Gasteiger partial charge in [-0.2, -0.15) is 0 Å². The Morgan fingerprint density at radius 1 is 1.08 bits per heavy atom. The number of thiazole rings is 1. The Morgan fingerprint density at radius 2 is 1.94 bits per heavy atom. The van der Waals surface area contributed by atoms with Gasteiger partial charge >= 0.3 is 0 Å². The number of hydrogen-bond donors (Lipinski definition) is 1. The Labute approximate surface area is 219 Å². The van der Waals surface area contributed by atoms with Crippen molar-refractivity contribution in [3.63, 3.8) is 0 Å². The van der Waals surface area contributed by atoms with Gasteiger partial charge in [-0.3, -0.25) is 0 Å². The Balaban J connectivity index is 1.01. The fourth-order valence-electron chi connectivity index (χ4n) is 5.38. The van der Waals surface area contributed by atoms with E-state index >= 15 is 0 Å². The van der Waals surface area contributed by atoms with Crippen molar-refractivity contribution in [2.24, 2.45) is 4.99 Å². The summed E-state index contributed by atoms with van der Waals surface area (Å²) < 4.78 is 6.46. The molecule has 0 bridgehead atoms. The van der Waals surface area contributed by atoms with Crippen molar-refractivity contribution in [3.8, 4) is 5.75 Å². The number of aromatic nitrogens is 1. The van der Waals surface area contributed by atoms with Crippen molar-refractivity contribution in [2.75, 3.05) is 19.0 Å². The number of thioether (sulfide) groups is 1. The third-order valence-corrected chi connectivity index (χ3v) is 9.53. The van der Waals surface area contributed by atoms with E-state index in [1.54, 1.807) is 18.4 Å². The summed E-state index contributed by atoms with van der Waals surface area (Å²) in [6, 6.07) is 24.9. The SMILES string of the molecule is COc1ccc2nc(NCCc3ccc(/N=C4\SC5Cc6ccccc6[C@@H]5N4C4CC4)cc3)sc2c1. The lowest BCUT2D eigenvalue weighted by Gasteiger charge is -2.26. The van der Waals surface area contributed by atoms with Crippen molar-refractivity contribution >= 4 is 49.3 Å². The van der Waals surface area contributed by atoms with Gasteiger partial charge in [-0.25, -0.2) is 9.98 Å². The van der Waals surface area contributed by atoms with Crippen LogP contribution in [0.3, 0.4) is 0 Å². The summed E-state index contributed by atoms with van der Waals surface area (Å²) >= 11 is 3.65. The predicted octanol–water partition coefficient (Wildman–Crippen LogP) is 6.82. The average molecular weight is 513 g/mol. The van der Waals surface area contributed by atoms with E-state index in [0.717, 1.165) is 46.2 Å². The molecule has 0 radical (unpaired) electrons. The molecule has 0 amide bonds. The first-order valence-corrected chi connectivity index (χ1v) is 14.3. The van der Waals surface area contributed by atoms with Crippen LogP contribution in [-0.4, -0.2) is 40.0 Å². The molecule has 5 nitrogen and oxygen atoms in total. The summed E-state index contributed by atoms with van der Waals surface area (Å²) in [7, 11) is 1.69. The summed E-state index contributed by atoms with van der Waals surface area (Å²) in [5.41, 5.74) is 6.39. The highest BCUT2D eigenvalue weighted by Crippen LogP contribution is 2.53. The van der Waals surface area contributed by atoms with Crippen LogP contribution in [0.15, 0.2) is 71.7 Å². The Morgan fingerprint density at radius 3 is 2.78 bits per heavy atom. The number of methoxy groups -OCH3 is 1. The quantitative estimate of drug-likeness (QED) is 0.294. The van der Waals surface area contributed by atoms with E-state index in [0.29, 0.717) is 17.3 Å². The minimum atomic E-state index is 0.492. The first kappa shape index (κ1) is 22.2.